The maximum atomic E-state index is 12.2. The molecule has 35 nitrogen and oxygen atoms in total. The highest BCUT2D eigenvalue weighted by molar-refractivity contribution is 5.73. The number of carbonyl (C=O) groups excluding carboxylic acids is 8. The molecule has 0 bridgehead atoms. The second kappa shape index (κ2) is 53.7. The average Bonchev–Trinajstić information content (AvgIpc) is 0.776. The van der Waals surface area contributed by atoms with Crippen LogP contribution in [-0.4, -0.2) is 211 Å². The van der Waals surface area contributed by atoms with Crippen molar-refractivity contribution in [2.45, 2.75) is 228 Å². The van der Waals surface area contributed by atoms with Crippen LogP contribution in [-0.2, 0) is 129 Å². The summed E-state index contributed by atoms with van der Waals surface area (Å²) in [6.07, 6.45) is -16.3. The minimum atomic E-state index is -1.84. The van der Waals surface area contributed by atoms with E-state index in [1.807, 2.05) is 0 Å². The van der Waals surface area contributed by atoms with E-state index in [2.05, 4.69) is 0 Å². The Kier molecular flexibility index (Phi) is 56.5. The fourth-order valence-corrected chi connectivity index (χ4v) is 4.73. The lowest BCUT2D eigenvalue weighted by Gasteiger charge is -2.48. The van der Waals surface area contributed by atoms with Crippen LogP contribution in [0.15, 0.2) is 0 Å². The molecule has 2 heterocycles. The molecule has 2 fully saturated rings. The molecule has 0 spiro atoms. The quantitative estimate of drug-likeness (QED) is 0.0588. The highest BCUT2D eigenvalue weighted by Crippen LogP contribution is 2.35. The molecule has 0 saturated carbocycles. The van der Waals surface area contributed by atoms with Gasteiger partial charge in [-0.25, -0.2) is 0 Å². The van der Waals surface area contributed by atoms with Crippen LogP contribution in [0.2, 0.25) is 0 Å². The van der Waals surface area contributed by atoms with Crippen LogP contribution in [0.5, 0.6) is 0 Å². The second-order valence-corrected chi connectivity index (χ2v) is 22.2. The van der Waals surface area contributed by atoms with Gasteiger partial charge in [-0.3, -0.25) is 76.7 Å². The maximum Gasteiger partial charge on any atom is 0.305 e. The van der Waals surface area contributed by atoms with Gasteiger partial charge in [-0.15, -0.1) is 0 Å². The number of esters is 8. The number of carbonyl (C=O) groups is 16. The Bertz CT molecular complexity index is 2100. The third-order valence-electron chi connectivity index (χ3n) is 10.1. The van der Waals surface area contributed by atoms with Crippen LogP contribution < -0.4 is 0 Å². The molecule has 0 radical (unpaired) electrons. The van der Waals surface area contributed by atoms with Gasteiger partial charge in [0.1, 0.15) is 25.4 Å². The van der Waals surface area contributed by atoms with Gasteiger partial charge in [0.15, 0.2) is 36.6 Å². The molecule has 8 N–H and O–H groups in total. The highest BCUT2D eigenvalue weighted by atomic mass is 16.8. The molecule has 552 valence electrons. The van der Waals surface area contributed by atoms with E-state index in [0.29, 0.717) is 0 Å². The Hall–Kier alpha value is -8.60. The molecular formula is C60H102O35. The van der Waals surface area contributed by atoms with Gasteiger partial charge in [0, 0.05) is 55.4 Å². The molecule has 10 atom stereocenters. The summed E-state index contributed by atoms with van der Waals surface area (Å²) in [5.74, 6) is -14.8. The number of aliphatic carboxylic acids is 8. The lowest BCUT2D eigenvalue weighted by Crippen LogP contribution is -2.66. The fraction of sp³-hybridized carbons (Fsp3) is 0.733. The summed E-state index contributed by atoms with van der Waals surface area (Å²) < 4.78 is 60.1. The number of rotatable bonds is 20. The predicted octanol–water partition coefficient (Wildman–Crippen LogP) is 4.99. The molecule has 2 aliphatic rings. The van der Waals surface area contributed by atoms with Gasteiger partial charge in [-0.2, -0.15) is 0 Å². The summed E-state index contributed by atoms with van der Waals surface area (Å²) in [5, 5.41) is 63.9. The molecule has 2 rings (SSSR count). The van der Waals surface area contributed by atoms with Gasteiger partial charge >= 0.3 is 95.5 Å². The number of hydrogen-bond acceptors (Lipinski definition) is 27. The summed E-state index contributed by atoms with van der Waals surface area (Å²) in [5.41, 5.74) is 0. The first-order chi connectivity index (χ1) is 43.0. The molecular weight excluding hydrogens is 1280 g/mol. The van der Waals surface area contributed by atoms with E-state index < -0.39 is 170 Å². The third-order valence-corrected chi connectivity index (χ3v) is 10.1. The summed E-state index contributed by atoms with van der Waals surface area (Å²) in [6.45, 7) is 33.4. The average molecular weight is 1380 g/mol. The van der Waals surface area contributed by atoms with Crippen molar-refractivity contribution in [3.63, 3.8) is 0 Å². The van der Waals surface area contributed by atoms with Gasteiger partial charge in [-0.1, -0.05) is 111 Å². The van der Waals surface area contributed by atoms with E-state index in [1.165, 1.54) is 0 Å². The topological polar surface area (TPSA) is 536 Å². The molecule has 95 heavy (non-hydrogen) atoms. The van der Waals surface area contributed by atoms with E-state index in [-0.39, 0.29) is 47.3 Å². The molecule has 0 aromatic carbocycles. The van der Waals surface area contributed by atoms with Crippen molar-refractivity contribution in [3.05, 3.63) is 0 Å². The predicted molar refractivity (Wildman–Crippen MR) is 325 cm³/mol. The number of carboxylic acids is 8. The summed E-state index contributed by atoms with van der Waals surface area (Å²) in [6, 6.07) is 0. The van der Waals surface area contributed by atoms with Crippen LogP contribution in [0.25, 0.3) is 0 Å². The van der Waals surface area contributed by atoms with Gasteiger partial charge in [-0.05, 0) is 0 Å². The minimum Gasteiger partial charge on any atom is -0.481 e. The SMILES string of the molecule is CC(=O)OC[C@H]1O[C@H](O[C@H]2O[C@H](COC(C)=O)[C@@H](OC(C)=O)[C@H](OC(C)=O)[C@H]2OC(C)=O)[C@H](OC(C)=O)[C@@H](OC(C)=O)[C@@H]1OC(C)=O.CC(C)C(=O)O.CC(C)C(=O)O.CC(C)C(=O)O.CC(C)C(=O)O.CC(C)C(=O)O.CC(C)C(=O)O.CC(C)C(=O)O.CC(C)C(=O)O. The third kappa shape index (κ3) is 57.8. The first-order valence-electron chi connectivity index (χ1n) is 29.1. The normalized spacial score (nSPS) is 19.5. The zero-order valence-electron chi connectivity index (χ0n) is 58.4. The number of carboxylic acid groups (broad SMARTS) is 8. The van der Waals surface area contributed by atoms with E-state index in [1.54, 1.807) is 111 Å². The smallest absolute Gasteiger partial charge is 0.305 e. The number of ether oxygens (including phenoxy) is 11. The summed E-state index contributed by atoms with van der Waals surface area (Å²) in [7, 11) is 0. The molecule has 2 saturated heterocycles. The Balaban J connectivity index is -0.000000255. The van der Waals surface area contributed by atoms with E-state index in [0.717, 1.165) is 55.4 Å². The molecule has 2 aliphatic heterocycles. The molecule has 0 unspecified atom stereocenters. The molecule has 0 aromatic rings. The first kappa shape index (κ1) is 100.0. The van der Waals surface area contributed by atoms with Gasteiger partial charge < -0.3 is 93.0 Å². The van der Waals surface area contributed by atoms with Crippen molar-refractivity contribution in [1.82, 2.24) is 0 Å². The van der Waals surface area contributed by atoms with Crippen LogP contribution in [0, 0.1) is 47.3 Å². The molecule has 0 aliphatic carbocycles. The monoisotopic (exact) mass is 1380 g/mol. The second-order valence-electron chi connectivity index (χ2n) is 22.2. The fourth-order valence-electron chi connectivity index (χ4n) is 4.73. The summed E-state index contributed by atoms with van der Waals surface area (Å²) in [4.78, 5) is 174. The van der Waals surface area contributed by atoms with Crippen molar-refractivity contribution in [2.75, 3.05) is 13.2 Å². The van der Waals surface area contributed by atoms with Gasteiger partial charge in [0.05, 0.1) is 47.3 Å². The Morgan fingerprint density at radius 2 is 0.389 bits per heavy atom. The molecule has 0 aromatic heterocycles. The Morgan fingerprint density at radius 1 is 0.253 bits per heavy atom. The van der Waals surface area contributed by atoms with Gasteiger partial charge in [0.25, 0.3) is 0 Å². The summed E-state index contributed by atoms with van der Waals surface area (Å²) >= 11 is 0. The lowest BCUT2D eigenvalue weighted by atomic mass is 9.96. The van der Waals surface area contributed by atoms with E-state index in [4.69, 9.17) is 93.0 Å². The Labute approximate surface area is 551 Å². The lowest BCUT2D eigenvalue weighted by molar-refractivity contribution is -0.377. The molecule has 0 amide bonds. The molecule has 35 heteroatoms. The highest BCUT2D eigenvalue weighted by Gasteiger charge is 2.58. The maximum absolute atomic E-state index is 12.2. The van der Waals surface area contributed by atoms with Crippen LogP contribution >= 0.6 is 0 Å². The largest absolute Gasteiger partial charge is 0.481 e. The van der Waals surface area contributed by atoms with E-state index >= 15 is 0 Å². The van der Waals surface area contributed by atoms with E-state index in [9.17, 15) is 76.7 Å². The van der Waals surface area contributed by atoms with Gasteiger partial charge in [0.2, 0.25) is 12.6 Å². The van der Waals surface area contributed by atoms with Crippen LogP contribution in [0.3, 0.4) is 0 Å². The van der Waals surface area contributed by atoms with Crippen molar-refractivity contribution < 1.29 is 170 Å². The van der Waals surface area contributed by atoms with Crippen LogP contribution in [0.1, 0.15) is 166 Å². The number of hydrogen-bond donors (Lipinski definition) is 8. The van der Waals surface area contributed by atoms with Crippen molar-refractivity contribution in [1.29, 1.82) is 0 Å². The minimum absolute atomic E-state index is 0.231. The van der Waals surface area contributed by atoms with Crippen molar-refractivity contribution in [3.8, 4) is 0 Å². The first-order valence-corrected chi connectivity index (χ1v) is 29.1. The Morgan fingerprint density at radius 3 is 0.516 bits per heavy atom. The van der Waals surface area contributed by atoms with Crippen molar-refractivity contribution >= 4 is 95.5 Å². The standard InChI is InChI=1S/C28H38O19.8C4H8O2/c1-11(29)37-9-19-21(39-13(3)31)23(41-15(5)33)25(43-17(7)35)27(45-19)47-28-26(44-18(8)36)24(42-16(6)34)22(40-14(4)32)20(46-28)10-38-12(2)30;8*1-3(2)4(5)6/h19-28H,9-10H2,1-8H3;8*3H,1-2H3,(H,5,6)/t19-,20-,21-,22-,23+,24+,25-,26-,27-,28-;;;;;;;;/m1......../s1. The van der Waals surface area contributed by atoms with Crippen molar-refractivity contribution in [2.24, 2.45) is 47.3 Å². The van der Waals surface area contributed by atoms with Crippen LogP contribution in [0.4, 0.5) is 0 Å². The zero-order valence-corrected chi connectivity index (χ0v) is 58.4. The zero-order chi connectivity index (χ0) is 76.8.